The van der Waals surface area contributed by atoms with Crippen LogP contribution in [0.4, 0.5) is 0 Å². The van der Waals surface area contributed by atoms with Crippen molar-refractivity contribution in [3.63, 3.8) is 0 Å². The molecule has 2 aliphatic rings. The number of hydrogen-bond donors (Lipinski definition) is 0. The van der Waals surface area contributed by atoms with Crippen LogP contribution < -0.4 is 0 Å². The average Bonchev–Trinajstić information content (AvgIpc) is 2.90. The summed E-state index contributed by atoms with van der Waals surface area (Å²) in [5.41, 5.74) is -0.0863. The van der Waals surface area contributed by atoms with Crippen molar-refractivity contribution in [1.82, 2.24) is 0 Å². The minimum absolute atomic E-state index is 0.0371. The number of allylic oxidation sites excluding steroid dienone is 2. The normalized spacial score (nSPS) is 19.1. The third-order valence-electron chi connectivity index (χ3n) is 4.71. The molecule has 0 fully saturated rings. The molecule has 0 saturated carbocycles. The van der Waals surface area contributed by atoms with Gasteiger partial charge in [-0.2, -0.15) is 0 Å². The van der Waals surface area contributed by atoms with E-state index in [1.807, 2.05) is 0 Å². The number of sulfone groups is 2. The summed E-state index contributed by atoms with van der Waals surface area (Å²) >= 11 is 6.28. The minimum Gasteiger partial charge on any atom is -0.294 e. The second-order valence-electron chi connectivity index (χ2n) is 6.45. The van der Waals surface area contributed by atoms with E-state index in [0.29, 0.717) is 12.0 Å². The van der Waals surface area contributed by atoms with Crippen LogP contribution in [-0.2, 0) is 30.9 Å². The standard InChI is InChI=1S/C18H17ClO6S2/c1-2-9-26(22,23)15-5-3-4-13(20)16(15)18(21)12-6-7-14-11(17(12)19)8-10-27(14,24)25/h2,6-7H,1,3-5,8-10H2. The van der Waals surface area contributed by atoms with Crippen molar-refractivity contribution in [1.29, 1.82) is 0 Å². The van der Waals surface area contributed by atoms with Crippen molar-refractivity contribution in [2.45, 2.75) is 30.6 Å². The molecule has 0 radical (unpaired) electrons. The molecular weight excluding hydrogens is 412 g/mol. The Morgan fingerprint density at radius 1 is 1.22 bits per heavy atom. The Kier molecular flexibility index (Phi) is 5.18. The first kappa shape index (κ1) is 20.0. The summed E-state index contributed by atoms with van der Waals surface area (Å²) in [7, 11) is -7.26. The SMILES string of the molecule is C=CCS(=O)(=O)C1=C(C(=O)c2ccc3c(c2Cl)CCS3(=O)=O)C(=O)CCC1. The number of carbonyl (C=O) groups is 2. The van der Waals surface area contributed by atoms with E-state index in [4.69, 9.17) is 11.6 Å². The van der Waals surface area contributed by atoms with Gasteiger partial charge in [0.15, 0.2) is 31.2 Å². The van der Waals surface area contributed by atoms with Crippen LogP contribution in [0, 0.1) is 0 Å². The molecule has 1 aromatic carbocycles. The lowest BCUT2D eigenvalue weighted by atomic mass is 9.91. The zero-order valence-corrected chi connectivity index (χ0v) is 16.7. The maximum absolute atomic E-state index is 13.1. The van der Waals surface area contributed by atoms with Crippen molar-refractivity contribution in [3.8, 4) is 0 Å². The lowest BCUT2D eigenvalue weighted by Gasteiger charge is -2.19. The Labute approximate surface area is 162 Å². The fraction of sp³-hybridized carbons (Fsp3) is 0.333. The summed E-state index contributed by atoms with van der Waals surface area (Å²) in [6.07, 6.45) is 1.89. The molecule has 144 valence electrons. The van der Waals surface area contributed by atoms with Gasteiger partial charge in [0.1, 0.15) is 0 Å². The van der Waals surface area contributed by atoms with Gasteiger partial charge in [0.25, 0.3) is 0 Å². The van der Waals surface area contributed by atoms with E-state index < -0.39 is 31.2 Å². The number of benzene rings is 1. The fourth-order valence-corrected chi connectivity index (χ4v) is 6.85. The molecule has 6 nitrogen and oxygen atoms in total. The van der Waals surface area contributed by atoms with Gasteiger partial charge in [-0.15, -0.1) is 6.58 Å². The number of hydrogen-bond acceptors (Lipinski definition) is 6. The molecule has 0 aromatic heterocycles. The molecule has 1 heterocycles. The number of carbonyl (C=O) groups excluding carboxylic acids is 2. The maximum atomic E-state index is 13.1. The highest BCUT2D eigenvalue weighted by Gasteiger charge is 2.36. The summed E-state index contributed by atoms with van der Waals surface area (Å²) in [5.74, 6) is -1.79. The smallest absolute Gasteiger partial charge is 0.199 e. The molecule has 0 unspecified atom stereocenters. The van der Waals surface area contributed by atoms with E-state index >= 15 is 0 Å². The van der Waals surface area contributed by atoms with Crippen LogP contribution >= 0.6 is 11.6 Å². The summed E-state index contributed by atoms with van der Waals surface area (Å²) in [4.78, 5) is 25.4. The predicted octanol–water partition coefficient (Wildman–Crippen LogP) is 2.46. The van der Waals surface area contributed by atoms with E-state index in [-0.39, 0.29) is 56.7 Å². The van der Waals surface area contributed by atoms with Crippen molar-refractivity contribution in [3.05, 3.63) is 51.4 Å². The molecule has 3 rings (SSSR count). The molecule has 0 amide bonds. The first-order valence-electron chi connectivity index (χ1n) is 8.29. The van der Waals surface area contributed by atoms with Crippen LogP contribution in [0.1, 0.15) is 35.2 Å². The van der Waals surface area contributed by atoms with Crippen LogP contribution in [0.5, 0.6) is 0 Å². The third kappa shape index (κ3) is 3.41. The van der Waals surface area contributed by atoms with Gasteiger partial charge in [-0.05, 0) is 37.0 Å². The second kappa shape index (κ2) is 7.00. The van der Waals surface area contributed by atoms with Crippen molar-refractivity contribution < 1.29 is 26.4 Å². The molecule has 0 spiro atoms. The highest BCUT2D eigenvalue weighted by atomic mass is 35.5. The van der Waals surface area contributed by atoms with Gasteiger partial charge >= 0.3 is 0 Å². The lowest BCUT2D eigenvalue weighted by Crippen LogP contribution is -2.24. The third-order valence-corrected chi connectivity index (χ3v) is 8.77. The Bertz CT molecular complexity index is 1110. The average molecular weight is 429 g/mol. The molecule has 1 aromatic rings. The topological polar surface area (TPSA) is 102 Å². The highest BCUT2D eigenvalue weighted by Crippen LogP contribution is 2.37. The van der Waals surface area contributed by atoms with Crippen LogP contribution in [-0.4, -0.2) is 39.9 Å². The fourth-order valence-electron chi connectivity index (χ4n) is 3.42. The first-order chi connectivity index (χ1) is 12.6. The Morgan fingerprint density at radius 3 is 2.59 bits per heavy atom. The highest BCUT2D eigenvalue weighted by molar-refractivity contribution is 7.95. The van der Waals surface area contributed by atoms with Gasteiger partial charge in [-0.25, -0.2) is 16.8 Å². The quantitative estimate of drug-likeness (QED) is 0.405. The van der Waals surface area contributed by atoms with Gasteiger partial charge in [0.2, 0.25) is 0 Å². The molecule has 0 N–H and O–H groups in total. The number of ketones is 2. The first-order valence-corrected chi connectivity index (χ1v) is 12.0. The van der Waals surface area contributed by atoms with Gasteiger partial charge < -0.3 is 0 Å². The van der Waals surface area contributed by atoms with E-state index in [9.17, 15) is 26.4 Å². The van der Waals surface area contributed by atoms with E-state index in [1.165, 1.54) is 18.2 Å². The van der Waals surface area contributed by atoms with Crippen molar-refractivity contribution in [2.24, 2.45) is 0 Å². The van der Waals surface area contributed by atoms with Crippen LogP contribution in [0.3, 0.4) is 0 Å². The number of Topliss-reactive ketones (excluding diaryl/α,β-unsaturated/α-hetero) is 2. The number of fused-ring (bicyclic) bond motifs is 1. The second-order valence-corrected chi connectivity index (χ2v) is 11.0. The summed E-state index contributed by atoms with van der Waals surface area (Å²) in [6, 6.07) is 2.54. The Hall–Kier alpha value is -1.77. The zero-order valence-electron chi connectivity index (χ0n) is 14.3. The lowest BCUT2D eigenvalue weighted by molar-refractivity contribution is -0.115. The van der Waals surface area contributed by atoms with E-state index in [2.05, 4.69) is 6.58 Å². The van der Waals surface area contributed by atoms with Gasteiger partial charge in [0, 0.05) is 12.0 Å². The van der Waals surface area contributed by atoms with Gasteiger partial charge in [0.05, 0.1) is 31.9 Å². The van der Waals surface area contributed by atoms with Crippen LogP contribution in [0.2, 0.25) is 5.02 Å². The van der Waals surface area contributed by atoms with E-state index in [1.54, 1.807) is 0 Å². The number of halogens is 1. The molecule has 0 bridgehead atoms. The molecule has 27 heavy (non-hydrogen) atoms. The molecule has 0 saturated heterocycles. The number of rotatable bonds is 5. The molecule has 1 aliphatic carbocycles. The molecule has 9 heteroatoms. The summed E-state index contributed by atoms with van der Waals surface area (Å²) in [6.45, 7) is 3.41. The summed E-state index contributed by atoms with van der Waals surface area (Å²) in [5, 5.41) is -0.0371. The van der Waals surface area contributed by atoms with Crippen molar-refractivity contribution >= 4 is 42.8 Å². The molecular formula is C18H17ClO6S2. The molecule has 1 aliphatic heterocycles. The van der Waals surface area contributed by atoms with Crippen molar-refractivity contribution in [2.75, 3.05) is 11.5 Å². The zero-order chi connectivity index (χ0) is 20.0. The Balaban J connectivity index is 2.18. The maximum Gasteiger partial charge on any atom is 0.199 e. The largest absolute Gasteiger partial charge is 0.294 e. The summed E-state index contributed by atoms with van der Waals surface area (Å²) < 4.78 is 49.0. The van der Waals surface area contributed by atoms with E-state index in [0.717, 1.165) is 0 Å². The van der Waals surface area contributed by atoms with Gasteiger partial charge in [-0.3, -0.25) is 9.59 Å². The Morgan fingerprint density at radius 2 is 1.93 bits per heavy atom. The van der Waals surface area contributed by atoms with Crippen LogP contribution in [0.25, 0.3) is 0 Å². The minimum atomic E-state index is -3.83. The monoisotopic (exact) mass is 428 g/mol. The van der Waals surface area contributed by atoms with Gasteiger partial charge in [-0.1, -0.05) is 17.7 Å². The predicted molar refractivity (Wildman–Crippen MR) is 101 cm³/mol. The molecule has 0 atom stereocenters. The van der Waals surface area contributed by atoms with Crippen LogP contribution in [0.15, 0.2) is 40.2 Å².